The summed E-state index contributed by atoms with van der Waals surface area (Å²) in [6.07, 6.45) is 1.63. The zero-order valence-electron chi connectivity index (χ0n) is 6.84. The van der Waals surface area contributed by atoms with Crippen molar-refractivity contribution in [2.24, 2.45) is 0 Å². The van der Waals surface area contributed by atoms with Crippen molar-refractivity contribution in [1.82, 2.24) is 14.6 Å². The second kappa shape index (κ2) is 2.51. The van der Waals surface area contributed by atoms with E-state index >= 15 is 0 Å². The molecule has 6 nitrogen and oxygen atoms in total. The van der Waals surface area contributed by atoms with E-state index in [1.165, 1.54) is 10.6 Å². The van der Waals surface area contributed by atoms with Crippen LogP contribution >= 0.6 is 0 Å². The van der Waals surface area contributed by atoms with Crippen molar-refractivity contribution in [3.63, 3.8) is 0 Å². The van der Waals surface area contributed by atoms with Crippen LogP contribution in [0.4, 0.5) is 5.69 Å². The van der Waals surface area contributed by atoms with Crippen LogP contribution in [0.15, 0.2) is 18.3 Å². The molecule has 0 fully saturated rings. The lowest BCUT2D eigenvalue weighted by Crippen LogP contribution is -1.93. The molecule has 0 unspecified atom stereocenters. The second-order valence-corrected chi connectivity index (χ2v) is 2.58. The minimum absolute atomic E-state index is 0.0249. The molecule has 0 aliphatic rings. The van der Waals surface area contributed by atoms with E-state index in [0.717, 1.165) is 0 Å². The molecule has 0 bridgehead atoms. The van der Waals surface area contributed by atoms with E-state index in [0.29, 0.717) is 5.82 Å². The maximum Gasteiger partial charge on any atom is 0.313 e. The van der Waals surface area contributed by atoms with E-state index in [1.807, 2.05) is 0 Å². The van der Waals surface area contributed by atoms with Gasteiger partial charge >= 0.3 is 5.69 Å². The Kier molecular flexibility index (Phi) is 1.48. The van der Waals surface area contributed by atoms with Gasteiger partial charge in [0.1, 0.15) is 5.82 Å². The largest absolute Gasteiger partial charge is 0.313 e. The fourth-order valence-electron chi connectivity index (χ4n) is 1.14. The highest BCUT2D eigenvalue weighted by Crippen LogP contribution is 2.16. The Morgan fingerprint density at radius 3 is 3.08 bits per heavy atom. The molecule has 0 saturated heterocycles. The summed E-state index contributed by atoms with van der Waals surface area (Å²) in [5, 5.41) is 14.5. The van der Waals surface area contributed by atoms with Crippen molar-refractivity contribution >= 4 is 11.3 Å². The normalized spacial score (nSPS) is 10.5. The molecule has 0 aliphatic carbocycles. The van der Waals surface area contributed by atoms with Crippen LogP contribution in [0.1, 0.15) is 5.82 Å². The number of aryl methyl sites for hydroxylation is 1. The first-order valence-corrected chi connectivity index (χ1v) is 3.65. The van der Waals surface area contributed by atoms with E-state index < -0.39 is 4.92 Å². The Morgan fingerprint density at radius 2 is 2.38 bits per heavy atom. The summed E-state index contributed by atoms with van der Waals surface area (Å²) < 4.78 is 1.40. The Labute approximate surface area is 73.0 Å². The topological polar surface area (TPSA) is 73.3 Å². The molecule has 0 aromatic carbocycles. The molecule has 0 saturated carbocycles. The van der Waals surface area contributed by atoms with Gasteiger partial charge in [0.05, 0.1) is 4.92 Å². The summed E-state index contributed by atoms with van der Waals surface area (Å²) >= 11 is 0. The van der Waals surface area contributed by atoms with Gasteiger partial charge in [-0.2, -0.15) is 5.10 Å². The number of pyridine rings is 1. The van der Waals surface area contributed by atoms with Crippen LogP contribution in [-0.4, -0.2) is 19.5 Å². The number of aromatic nitrogens is 3. The quantitative estimate of drug-likeness (QED) is 0.481. The van der Waals surface area contributed by atoms with Crippen LogP contribution < -0.4 is 0 Å². The van der Waals surface area contributed by atoms with E-state index in [-0.39, 0.29) is 11.3 Å². The van der Waals surface area contributed by atoms with Gasteiger partial charge < -0.3 is 0 Å². The van der Waals surface area contributed by atoms with E-state index in [1.54, 1.807) is 19.2 Å². The summed E-state index contributed by atoms with van der Waals surface area (Å²) in [6.45, 7) is 1.69. The van der Waals surface area contributed by atoms with Gasteiger partial charge in [-0.05, 0) is 13.0 Å². The van der Waals surface area contributed by atoms with E-state index in [2.05, 4.69) is 10.1 Å². The molecule has 2 rings (SSSR count). The third-order valence-corrected chi connectivity index (χ3v) is 1.64. The number of fused-ring (bicyclic) bond motifs is 1. The molecule has 2 heterocycles. The number of rotatable bonds is 1. The first-order chi connectivity index (χ1) is 6.18. The van der Waals surface area contributed by atoms with Crippen LogP contribution in [-0.2, 0) is 0 Å². The number of nitrogens with zero attached hydrogens (tertiary/aromatic N) is 4. The SMILES string of the molecule is Cc1nc2c([N+](=O)[O-])cccn2n1. The Bertz CT molecular complexity index is 476. The van der Waals surface area contributed by atoms with Crippen LogP contribution in [0.3, 0.4) is 0 Å². The highest BCUT2D eigenvalue weighted by molar-refractivity contribution is 5.58. The Balaban J connectivity index is 2.82. The van der Waals surface area contributed by atoms with Crippen molar-refractivity contribution in [2.75, 3.05) is 0 Å². The first-order valence-electron chi connectivity index (χ1n) is 3.65. The molecular formula is C7H6N4O2. The summed E-state index contributed by atoms with van der Waals surface area (Å²) in [7, 11) is 0. The molecule has 0 aliphatic heterocycles. The van der Waals surface area contributed by atoms with Gasteiger partial charge in [-0.25, -0.2) is 9.50 Å². The maximum absolute atomic E-state index is 10.5. The average Bonchev–Trinajstić information content (AvgIpc) is 2.43. The van der Waals surface area contributed by atoms with Crippen molar-refractivity contribution in [3.05, 3.63) is 34.3 Å². The van der Waals surface area contributed by atoms with Gasteiger partial charge in [0.15, 0.2) is 0 Å². The summed E-state index contributed by atoms with van der Waals surface area (Å²) in [5.41, 5.74) is 0.258. The van der Waals surface area contributed by atoms with Gasteiger partial charge in [-0.15, -0.1) is 0 Å². The van der Waals surface area contributed by atoms with Crippen molar-refractivity contribution in [3.8, 4) is 0 Å². The molecule has 2 aromatic rings. The summed E-state index contributed by atoms with van der Waals surface area (Å²) in [5.74, 6) is 0.523. The lowest BCUT2D eigenvalue weighted by Gasteiger charge is -1.91. The maximum atomic E-state index is 10.5. The molecule has 0 amide bonds. The minimum atomic E-state index is -0.469. The van der Waals surface area contributed by atoms with Crippen molar-refractivity contribution in [2.45, 2.75) is 6.92 Å². The number of hydrogen-bond donors (Lipinski definition) is 0. The average molecular weight is 178 g/mol. The van der Waals surface area contributed by atoms with Gasteiger partial charge in [0.2, 0.25) is 5.65 Å². The smallest absolute Gasteiger partial charge is 0.258 e. The fourth-order valence-corrected chi connectivity index (χ4v) is 1.14. The summed E-state index contributed by atoms with van der Waals surface area (Å²) in [4.78, 5) is 14.0. The zero-order chi connectivity index (χ0) is 9.42. The number of hydrogen-bond acceptors (Lipinski definition) is 4. The van der Waals surface area contributed by atoms with Crippen molar-refractivity contribution < 1.29 is 4.92 Å². The highest BCUT2D eigenvalue weighted by Gasteiger charge is 2.13. The van der Waals surface area contributed by atoms with E-state index in [4.69, 9.17) is 0 Å². The third-order valence-electron chi connectivity index (χ3n) is 1.64. The predicted octanol–water partition coefficient (Wildman–Crippen LogP) is 0.946. The van der Waals surface area contributed by atoms with Gasteiger partial charge in [-0.3, -0.25) is 10.1 Å². The molecule has 0 spiro atoms. The summed E-state index contributed by atoms with van der Waals surface area (Å²) in [6, 6.07) is 2.97. The second-order valence-electron chi connectivity index (χ2n) is 2.58. The number of nitro groups is 1. The van der Waals surface area contributed by atoms with Crippen LogP contribution in [0, 0.1) is 17.0 Å². The van der Waals surface area contributed by atoms with Crippen LogP contribution in [0.2, 0.25) is 0 Å². The Morgan fingerprint density at radius 1 is 1.62 bits per heavy atom. The zero-order valence-corrected chi connectivity index (χ0v) is 6.84. The Hall–Kier alpha value is -1.98. The molecule has 13 heavy (non-hydrogen) atoms. The molecule has 2 aromatic heterocycles. The molecular weight excluding hydrogens is 172 g/mol. The van der Waals surface area contributed by atoms with Crippen LogP contribution in [0.5, 0.6) is 0 Å². The van der Waals surface area contributed by atoms with Crippen molar-refractivity contribution in [1.29, 1.82) is 0 Å². The van der Waals surface area contributed by atoms with E-state index in [9.17, 15) is 10.1 Å². The monoisotopic (exact) mass is 178 g/mol. The lowest BCUT2D eigenvalue weighted by atomic mass is 10.4. The molecule has 6 heteroatoms. The van der Waals surface area contributed by atoms with Gasteiger partial charge in [0, 0.05) is 12.3 Å². The lowest BCUT2D eigenvalue weighted by molar-refractivity contribution is -0.383. The highest BCUT2D eigenvalue weighted by atomic mass is 16.6. The molecule has 0 N–H and O–H groups in total. The van der Waals surface area contributed by atoms with Gasteiger partial charge in [-0.1, -0.05) is 0 Å². The molecule has 66 valence electrons. The third kappa shape index (κ3) is 1.12. The molecule has 0 atom stereocenters. The minimum Gasteiger partial charge on any atom is -0.258 e. The standard InChI is InChI=1S/C7H6N4O2/c1-5-8-7-6(11(12)13)3-2-4-10(7)9-5/h2-4H,1H3. The first kappa shape index (κ1) is 7.66. The van der Waals surface area contributed by atoms with Gasteiger partial charge in [0.25, 0.3) is 0 Å². The fraction of sp³-hybridized carbons (Fsp3) is 0.143. The van der Waals surface area contributed by atoms with Crippen LogP contribution in [0.25, 0.3) is 5.65 Å². The predicted molar refractivity (Wildman–Crippen MR) is 44.4 cm³/mol. The molecule has 0 radical (unpaired) electrons.